The van der Waals surface area contributed by atoms with Gasteiger partial charge >= 0.3 is 0 Å². The molecule has 4 nitrogen and oxygen atoms in total. The predicted molar refractivity (Wildman–Crippen MR) is 68.7 cm³/mol. The highest BCUT2D eigenvalue weighted by Gasteiger charge is 2.22. The number of halogens is 1. The number of hydrogen-bond donors (Lipinski definition) is 1. The number of ether oxygens (including phenoxy) is 1. The van der Waals surface area contributed by atoms with Gasteiger partial charge in [0.05, 0.1) is 7.11 Å². The quantitative estimate of drug-likeness (QED) is 0.841. The van der Waals surface area contributed by atoms with E-state index in [1.165, 1.54) is 25.6 Å². The van der Waals surface area contributed by atoms with Gasteiger partial charge in [0.1, 0.15) is 12.1 Å². The summed E-state index contributed by atoms with van der Waals surface area (Å²) in [5.41, 5.74) is 0. The average molecular weight is 256 g/mol. The van der Waals surface area contributed by atoms with E-state index < -0.39 is 0 Å². The molecule has 0 aliphatic heterocycles. The van der Waals surface area contributed by atoms with Crippen molar-refractivity contribution in [1.82, 2.24) is 9.97 Å². The minimum absolute atomic E-state index is 0.292. The van der Waals surface area contributed by atoms with E-state index in [1.807, 2.05) is 0 Å². The smallest absolute Gasteiger partial charge is 0.218 e. The molecule has 0 saturated heterocycles. The molecule has 2 rings (SSSR count). The molecule has 1 aromatic rings. The first-order valence-corrected chi connectivity index (χ1v) is 6.47. The maximum absolute atomic E-state index is 6.31. The number of hydrogen-bond acceptors (Lipinski definition) is 4. The molecule has 0 amide bonds. The molecule has 0 aromatic carbocycles. The molecule has 94 valence electrons. The molecule has 2 atom stereocenters. The molecule has 1 aliphatic carbocycles. The minimum atomic E-state index is 0.292. The van der Waals surface area contributed by atoms with Crippen LogP contribution < -0.4 is 10.1 Å². The molecule has 1 saturated carbocycles. The lowest BCUT2D eigenvalue weighted by Gasteiger charge is -2.27. The summed E-state index contributed by atoms with van der Waals surface area (Å²) in [5.74, 6) is 1.91. The van der Waals surface area contributed by atoms with E-state index in [-0.39, 0.29) is 0 Å². The Morgan fingerprint density at radius 2 is 2.24 bits per heavy atom. The molecule has 1 fully saturated rings. The first-order chi connectivity index (χ1) is 8.29. The zero-order valence-corrected chi connectivity index (χ0v) is 10.8. The number of methoxy groups -OCH3 is 1. The summed E-state index contributed by atoms with van der Waals surface area (Å²) in [6.07, 6.45) is 6.36. The van der Waals surface area contributed by atoms with Gasteiger partial charge in [0.15, 0.2) is 0 Å². The third-order valence-corrected chi connectivity index (χ3v) is 3.79. The van der Waals surface area contributed by atoms with Crippen LogP contribution in [0.3, 0.4) is 0 Å². The highest BCUT2D eigenvalue weighted by atomic mass is 35.5. The zero-order chi connectivity index (χ0) is 12.1. The average Bonchev–Trinajstić information content (AvgIpc) is 2.38. The van der Waals surface area contributed by atoms with Crippen LogP contribution in [0.5, 0.6) is 5.88 Å². The topological polar surface area (TPSA) is 47.0 Å². The lowest BCUT2D eigenvalue weighted by Crippen LogP contribution is -2.26. The molecule has 0 spiro atoms. The molecular weight excluding hydrogens is 238 g/mol. The zero-order valence-electron chi connectivity index (χ0n) is 10.0. The first-order valence-electron chi connectivity index (χ1n) is 6.03. The molecule has 0 bridgehead atoms. The Morgan fingerprint density at radius 3 is 3.00 bits per heavy atom. The SMILES string of the molecule is COc1cc(NCC2CCCCC2Cl)ncn1. The maximum Gasteiger partial charge on any atom is 0.218 e. The van der Waals surface area contributed by atoms with Crippen molar-refractivity contribution in [3.05, 3.63) is 12.4 Å². The third kappa shape index (κ3) is 3.46. The van der Waals surface area contributed by atoms with Crippen LogP contribution in [0, 0.1) is 5.92 Å². The van der Waals surface area contributed by atoms with Crippen LogP contribution in [0.25, 0.3) is 0 Å². The van der Waals surface area contributed by atoms with Crippen LogP contribution >= 0.6 is 11.6 Å². The first kappa shape index (κ1) is 12.4. The van der Waals surface area contributed by atoms with Crippen molar-refractivity contribution in [2.75, 3.05) is 19.0 Å². The normalized spacial score (nSPS) is 24.4. The number of anilines is 1. The van der Waals surface area contributed by atoms with Gasteiger partial charge in [-0.2, -0.15) is 0 Å². The van der Waals surface area contributed by atoms with Crippen molar-refractivity contribution >= 4 is 17.4 Å². The summed E-state index contributed by atoms with van der Waals surface area (Å²) in [6.45, 7) is 0.869. The van der Waals surface area contributed by atoms with Gasteiger partial charge in [-0.1, -0.05) is 12.8 Å². The second-order valence-corrected chi connectivity index (χ2v) is 4.95. The Balaban J connectivity index is 1.88. The molecule has 1 aromatic heterocycles. The van der Waals surface area contributed by atoms with E-state index in [0.717, 1.165) is 18.8 Å². The maximum atomic E-state index is 6.31. The molecule has 2 unspecified atom stereocenters. The summed E-state index contributed by atoms with van der Waals surface area (Å²) in [5, 5.41) is 3.60. The number of alkyl halides is 1. The standard InChI is InChI=1S/C12H18ClN3O/c1-17-12-6-11(15-8-16-12)14-7-9-4-2-3-5-10(9)13/h6,8-10H,2-5,7H2,1H3,(H,14,15,16). The largest absolute Gasteiger partial charge is 0.481 e. The summed E-state index contributed by atoms with van der Waals surface area (Å²) in [4.78, 5) is 8.12. The van der Waals surface area contributed by atoms with Crippen molar-refractivity contribution < 1.29 is 4.74 Å². The van der Waals surface area contributed by atoms with E-state index in [1.54, 1.807) is 13.2 Å². The van der Waals surface area contributed by atoms with Gasteiger partial charge in [-0.15, -0.1) is 11.6 Å². The van der Waals surface area contributed by atoms with E-state index >= 15 is 0 Å². The van der Waals surface area contributed by atoms with E-state index in [0.29, 0.717) is 17.2 Å². The Labute approximate surface area is 107 Å². The molecule has 1 aliphatic rings. The van der Waals surface area contributed by atoms with Gasteiger partial charge in [-0.05, 0) is 18.8 Å². The molecular formula is C12H18ClN3O. The van der Waals surface area contributed by atoms with Gasteiger partial charge in [0.25, 0.3) is 0 Å². The van der Waals surface area contributed by atoms with E-state index in [9.17, 15) is 0 Å². The number of rotatable bonds is 4. The van der Waals surface area contributed by atoms with Crippen LogP contribution in [-0.4, -0.2) is 29.0 Å². The molecule has 0 radical (unpaired) electrons. The number of nitrogens with one attached hydrogen (secondary N) is 1. The third-order valence-electron chi connectivity index (χ3n) is 3.21. The molecule has 5 heteroatoms. The Kier molecular flexibility index (Phi) is 4.42. The van der Waals surface area contributed by atoms with Crippen molar-refractivity contribution in [2.24, 2.45) is 5.92 Å². The molecule has 1 heterocycles. The highest BCUT2D eigenvalue weighted by Crippen LogP contribution is 2.28. The fourth-order valence-corrected chi connectivity index (χ4v) is 2.55. The minimum Gasteiger partial charge on any atom is -0.481 e. The van der Waals surface area contributed by atoms with Crippen molar-refractivity contribution in [3.63, 3.8) is 0 Å². The second-order valence-electron chi connectivity index (χ2n) is 4.39. The predicted octanol–water partition coefficient (Wildman–Crippen LogP) is 2.69. The Morgan fingerprint density at radius 1 is 1.41 bits per heavy atom. The second kappa shape index (κ2) is 6.05. The van der Waals surface area contributed by atoms with Gasteiger partial charge < -0.3 is 10.1 Å². The van der Waals surface area contributed by atoms with E-state index in [2.05, 4.69) is 15.3 Å². The van der Waals surface area contributed by atoms with Crippen LogP contribution in [-0.2, 0) is 0 Å². The van der Waals surface area contributed by atoms with Crippen LogP contribution in [0.1, 0.15) is 25.7 Å². The van der Waals surface area contributed by atoms with Crippen LogP contribution in [0.2, 0.25) is 0 Å². The van der Waals surface area contributed by atoms with Gasteiger partial charge in [-0.25, -0.2) is 9.97 Å². The van der Waals surface area contributed by atoms with Crippen molar-refractivity contribution in [1.29, 1.82) is 0 Å². The highest BCUT2D eigenvalue weighted by molar-refractivity contribution is 6.20. The molecule has 1 N–H and O–H groups in total. The van der Waals surface area contributed by atoms with Crippen LogP contribution in [0.15, 0.2) is 12.4 Å². The molecule has 17 heavy (non-hydrogen) atoms. The van der Waals surface area contributed by atoms with Crippen molar-refractivity contribution in [3.8, 4) is 5.88 Å². The van der Waals surface area contributed by atoms with Crippen molar-refractivity contribution in [2.45, 2.75) is 31.1 Å². The monoisotopic (exact) mass is 255 g/mol. The summed E-state index contributed by atoms with van der Waals surface area (Å²) < 4.78 is 5.05. The summed E-state index contributed by atoms with van der Waals surface area (Å²) >= 11 is 6.31. The Hall–Kier alpha value is -1.03. The van der Waals surface area contributed by atoms with Crippen LogP contribution in [0.4, 0.5) is 5.82 Å². The lowest BCUT2D eigenvalue weighted by molar-refractivity contribution is 0.380. The van der Waals surface area contributed by atoms with Gasteiger partial charge in [-0.3, -0.25) is 0 Å². The summed E-state index contributed by atoms with van der Waals surface area (Å²) in [6, 6.07) is 1.80. The van der Waals surface area contributed by atoms with Gasteiger partial charge in [0.2, 0.25) is 5.88 Å². The fourth-order valence-electron chi connectivity index (χ4n) is 2.18. The number of nitrogens with zero attached hydrogens (tertiary/aromatic N) is 2. The number of aromatic nitrogens is 2. The lowest BCUT2D eigenvalue weighted by atomic mass is 9.89. The fraction of sp³-hybridized carbons (Fsp3) is 0.667. The van der Waals surface area contributed by atoms with Gasteiger partial charge in [0, 0.05) is 18.0 Å². The summed E-state index contributed by atoms with van der Waals surface area (Å²) in [7, 11) is 1.60. The Bertz CT molecular complexity index is 361. The van der Waals surface area contributed by atoms with E-state index in [4.69, 9.17) is 16.3 Å².